The van der Waals surface area contributed by atoms with Gasteiger partial charge in [0.15, 0.2) is 6.23 Å². The van der Waals surface area contributed by atoms with E-state index in [0.717, 1.165) is 0 Å². The van der Waals surface area contributed by atoms with Gasteiger partial charge in [0.25, 0.3) is 0 Å². The summed E-state index contributed by atoms with van der Waals surface area (Å²) >= 11 is 9.42. The van der Waals surface area contributed by atoms with E-state index in [1.807, 2.05) is 0 Å². The molecule has 0 radical (unpaired) electrons. The predicted molar refractivity (Wildman–Crippen MR) is 77.9 cm³/mol. The van der Waals surface area contributed by atoms with Gasteiger partial charge in [-0.3, -0.25) is 0 Å². The first-order valence-electron chi connectivity index (χ1n) is 6.33. The second-order valence-corrected chi connectivity index (χ2v) is 6.02. The number of hydrogen-bond acceptors (Lipinski definition) is 6. The molecule has 9 heteroatoms. The zero-order valence-electron chi connectivity index (χ0n) is 10.7. The summed E-state index contributed by atoms with van der Waals surface area (Å²) < 4.78 is 7.91. The molecule has 7 nitrogen and oxygen atoms in total. The third-order valence-corrected chi connectivity index (χ3v) is 4.43. The molecule has 1 saturated heterocycles. The van der Waals surface area contributed by atoms with E-state index in [1.165, 1.54) is 6.33 Å². The van der Waals surface area contributed by atoms with Crippen molar-refractivity contribution in [2.45, 2.75) is 31.0 Å². The van der Waals surface area contributed by atoms with Crippen molar-refractivity contribution < 1.29 is 20.1 Å². The molecule has 3 rings (SSSR count). The summed E-state index contributed by atoms with van der Waals surface area (Å²) in [5.74, 6) is 0. The molecule has 0 unspecified atom stereocenters. The summed E-state index contributed by atoms with van der Waals surface area (Å²) in [4.78, 5) is 8.06. The van der Waals surface area contributed by atoms with Crippen LogP contribution in [0.2, 0.25) is 5.15 Å². The molecule has 0 aromatic carbocycles. The molecule has 21 heavy (non-hydrogen) atoms. The van der Waals surface area contributed by atoms with Crippen molar-refractivity contribution in [1.29, 1.82) is 0 Å². The first-order chi connectivity index (χ1) is 10.0. The van der Waals surface area contributed by atoms with Crippen LogP contribution in [0.25, 0.3) is 11.0 Å². The van der Waals surface area contributed by atoms with Crippen LogP contribution in [0.15, 0.2) is 17.0 Å². The molecule has 2 aromatic heterocycles. The fourth-order valence-corrected chi connectivity index (χ4v) is 3.45. The summed E-state index contributed by atoms with van der Waals surface area (Å²) in [6.45, 7) is -0.134. The molecule has 0 saturated carbocycles. The summed E-state index contributed by atoms with van der Waals surface area (Å²) in [5, 5.41) is 30.0. The van der Waals surface area contributed by atoms with E-state index in [4.69, 9.17) is 21.4 Å². The molecule has 0 spiro atoms. The Hall–Kier alpha value is -0.770. The molecular formula is C12H13BrClN3O4. The van der Waals surface area contributed by atoms with Crippen molar-refractivity contribution in [2.24, 2.45) is 0 Å². The van der Waals surface area contributed by atoms with Crippen LogP contribution in [0.5, 0.6) is 0 Å². The van der Waals surface area contributed by atoms with Gasteiger partial charge in [0, 0.05) is 17.3 Å². The van der Waals surface area contributed by atoms with Gasteiger partial charge in [0.1, 0.15) is 29.3 Å². The van der Waals surface area contributed by atoms with Gasteiger partial charge in [-0.05, 0) is 22.4 Å². The van der Waals surface area contributed by atoms with E-state index >= 15 is 0 Å². The monoisotopic (exact) mass is 377 g/mol. The van der Waals surface area contributed by atoms with Crippen molar-refractivity contribution in [3.05, 3.63) is 22.1 Å². The minimum Gasteiger partial charge on any atom is -0.396 e. The number of aliphatic hydroxyl groups is 3. The smallest absolute Gasteiger partial charge is 0.164 e. The normalized spacial score (nSPS) is 29.4. The number of fused-ring (bicyclic) bond motifs is 1. The van der Waals surface area contributed by atoms with E-state index < -0.39 is 24.5 Å². The van der Waals surface area contributed by atoms with E-state index in [1.54, 1.807) is 10.8 Å². The highest BCUT2D eigenvalue weighted by Gasteiger charge is 2.43. The molecule has 4 atom stereocenters. The van der Waals surface area contributed by atoms with Crippen LogP contribution in [-0.2, 0) is 4.74 Å². The van der Waals surface area contributed by atoms with Crippen molar-refractivity contribution in [2.75, 3.05) is 6.61 Å². The maximum Gasteiger partial charge on any atom is 0.164 e. The van der Waals surface area contributed by atoms with Gasteiger partial charge < -0.3 is 24.6 Å². The molecule has 3 heterocycles. The third-order valence-electron chi connectivity index (χ3n) is 3.54. The maximum absolute atomic E-state index is 10.2. The van der Waals surface area contributed by atoms with Gasteiger partial charge in [-0.25, -0.2) is 9.97 Å². The Morgan fingerprint density at radius 3 is 2.81 bits per heavy atom. The fourth-order valence-electron chi connectivity index (χ4n) is 2.52. The minimum atomic E-state index is -1.13. The summed E-state index contributed by atoms with van der Waals surface area (Å²) in [7, 11) is 0. The third kappa shape index (κ3) is 2.45. The Bertz CT molecular complexity index is 667. The Morgan fingerprint density at radius 1 is 1.33 bits per heavy atom. The number of aromatic nitrogens is 3. The molecule has 1 aliphatic rings. The second-order valence-electron chi connectivity index (χ2n) is 4.81. The standard InChI is InChI=1S/C12H13BrClN3O4/c13-5-3-17(11-7(5)10(14)15-4-16-11)12-9(20)8(19)6(21-12)1-2-18/h3-4,6,8-9,12,18-20H,1-2H2/t6-,8+,9+,12+/m0/s1. The molecule has 0 aliphatic carbocycles. The van der Waals surface area contributed by atoms with Gasteiger partial charge in [-0.1, -0.05) is 11.6 Å². The molecule has 0 amide bonds. The highest BCUT2D eigenvalue weighted by atomic mass is 79.9. The average Bonchev–Trinajstić information content (AvgIpc) is 2.93. The van der Waals surface area contributed by atoms with Crippen LogP contribution < -0.4 is 0 Å². The predicted octanol–water partition coefficient (Wildman–Crippen LogP) is 0.849. The van der Waals surface area contributed by atoms with E-state index in [2.05, 4.69) is 25.9 Å². The zero-order valence-corrected chi connectivity index (χ0v) is 13.1. The fraction of sp³-hybridized carbons (Fsp3) is 0.500. The zero-order chi connectivity index (χ0) is 15.1. The SMILES string of the molecule is OCC[C@@H]1O[C@@H](n2cc(Br)c3c(Cl)ncnc32)[C@H](O)[C@@H]1O. The average molecular weight is 379 g/mol. The van der Waals surface area contributed by atoms with Crippen LogP contribution in [0, 0.1) is 0 Å². The highest BCUT2D eigenvalue weighted by Crippen LogP contribution is 2.37. The van der Waals surface area contributed by atoms with Crippen LogP contribution in [0.4, 0.5) is 0 Å². The number of ether oxygens (including phenoxy) is 1. The number of halogens is 2. The highest BCUT2D eigenvalue weighted by molar-refractivity contribution is 9.10. The largest absolute Gasteiger partial charge is 0.396 e. The van der Waals surface area contributed by atoms with Gasteiger partial charge in [0.05, 0.1) is 11.5 Å². The van der Waals surface area contributed by atoms with Crippen molar-refractivity contribution >= 4 is 38.6 Å². The lowest BCUT2D eigenvalue weighted by Gasteiger charge is -2.17. The van der Waals surface area contributed by atoms with Gasteiger partial charge in [0.2, 0.25) is 0 Å². The topological polar surface area (TPSA) is 101 Å². The van der Waals surface area contributed by atoms with E-state index in [0.29, 0.717) is 15.5 Å². The lowest BCUT2D eigenvalue weighted by molar-refractivity contribution is -0.0403. The maximum atomic E-state index is 10.2. The lowest BCUT2D eigenvalue weighted by Crippen LogP contribution is -2.31. The quantitative estimate of drug-likeness (QED) is 0.685. The second kappa shape index (κ2) is 5.79. The Kier molecular flexibility index (Phi) is 4.17. The van der Waals surface area contributed by atoms with Crippen molar-refractivity contribution in [1.82, 2.24) is 14.5 Å². The van der Waals surface area contributed by atoms with Crippen LogP contribution >= 0.6 is 27.5 Å². The molecule has 1 aliphatic heterocycles. The van der Waals surface area contributed by atoms with Crippen LogP contribution in [0.1, 0.15) is 12.6 Å². The number of hydrogen-bond donors (Lipinski definition) is 3. The molecule has 2 aromatic rings. The lowest BCUT2D eigenvalue weighted by atomic mass is 10.1. The number of rotatable bonds is 3. The van der Waals surface area contributed by atoms with Crippen LogP contribution in [0.3, 0.4) is 0 Å². The van der Waals surface area contributed by atoms with Crippen LogP contribution in [-0.4, -0.2) is 54.8 Å². The molecular weight excluding hydrogens is 366 g/mol. The minimum absolute atomic E-state index is 0.134. The first kappa shape index (κ1) is 15.1. The number of aliphatic hydroxyl groups excluding tert-OH is 3. The van der Waals surface area contributed by atoms with Crippen molar-refractivity contribution in [3.8, 4) is 0 Å². The summed E-state index contributed by atoms with van der Waals surface area (Å²) in [5.41, 5.74) is 0.489. The van der Waals surface area contributed by atoms with E-state index in [9.17, 15) is 10.2 Å². The Labute approximate surface area is 133 Å². The molecule has 0 bridgehead atoms. The summed E-state index contributed by atoms with van der Waals surface area (Å²) in [6, 6.07) is 0. The van der Waals surface area contributed by atoms with Crippen molar-refractivity contribution in [3.63, 3.8) is 0 Å². The van der Waals surface area contributed by atoms with Gasteiger partial charge >= 0.3 is 0 Å². The number of nitrogens with zero attached hydrogens (tertiary/aromatic N) is 3. The molecule has 114 valence electrons. The van der Waals surface area contributed by atoms with Gasteiger partial charge in [-0.15, -0.1) is 0 Å². The molecule has 1 fully saturated rings. The molecule has 3 N–H and O–H groups in total. The van der Waals surface area contributed by atoms with E-state index in [-0.39, 0.29) is 18.2 Å². The first-order valence-corrected chi connectivity index (χ1v) is 7.50. The summed E-state index contributed by atoms with van der Waals surface area (Å²) in [6.07, 6.45) is -0.414. The van der Waals surface area contributed by atoms with Gasteiger partial charge in [-0.2, -0.15) is 0 Å². The Morgan fingerprint density at radius 2 is 2.10 bits per heavy atom. The Balaban J connectivity index is 2.03.